The van der Waals surface area contributed by atoms with Crippen molar-refractivity contribution in [3.8, 4) is 11.3 Å². The minimum Gasteiger partial charge on any atom is -0.346 e. The molecular formula is C31H39N5OS. The minimum atomic E-state index is 0.0420. The number of H-pyrrole nitrogens is 1. The highest BCUT2D eigenvalue weighted by Gasteiger charge is 2.52. The molecule has 0 amide bonds. The lowest BCUT2D eigenvalue weighted by molar-refractivity contribution is -0.138. The van der Waals surface area contributed by atoms with Gasteiger partial charge in [0.2, 0.25) is 0 Å². The number of rotatable bonds is 4. The van der Waals surface area contributed by atoms with Crippen LogP contribution in [-0.2, 0) is 4.79 Å². The Labute approximate surface area is 228 Å². The third kappa shape index (κ3) is 3.50. The predicted octanol–water partition coefficient (Wildman–Crippen LogP) is 7.07. The van der Waals surface area contributed by atoms with Crippen molar-refractivity contribution in [2.24, 2.45) is 5.41 Å². The van der Waals surface area contributed by atoms with Crippen molar-refractivity contribution < 1.29 is 4.79 Å². The number of hydrogen-bond acceptors (Lipinski definition) is 5. The van der Waals surface area contributed by atoms with Crippen molar-refractivity contribution in [1.82, 2.24) is 24.5 Å². The molecule has 7 rings (SSSR count). The zero-order chi connectivity index (χ0) is 26.3. The normalized spacial score (nSPS) is 23.9. The fourth-order valence-corrected chi connectivity index (χ4v) is 9.30. The van der Waals surface area contributed by atoms with Crippen LogP contribution < -0.4 is 0 Å². The van der Waals surface area contributed by atoms with Crippen LogP contribution in [0.25, 0.3) is 27.1 Å². The summed E-state index contributed by atoms with van der Waals surface area (Å²) >= 11 is 1.99. The number of aromatic nitrogens is 4. The van der Waals surface area contributed by atoms with Crippen LogP contribution in [0.4, 0.5) is 0 Å². The number of thiophene rings is 1. The molecule has 2 saturated carbocycles. The second-order valence-electron chi connectivity index (χ2n) is 12.7. The van der Waals surface area contributed by atoms with Gasteiger partial charge in [0.05, 0.1) is 11.1 Å². The lowest BCUT2D eigenvalue weighted by Crippen LogP contribution is -2.62. The number of carbonyl (C=O) groups is 1. The number of aromatic amines is 1. The number of nitrogens with one attached hydrogen (secondary N) is 1. The van der Waals surface area contributed by atoms with Crippen molar-refractivity contribution in [3.05, 3.63) is 39.7 Å². The molecule has 200 valence electrons. The summed E-state index contributed by atoms with van der Waals surface area (Å²) in [5.74, 6) is 1.61. The molecule has 4 aromatic heterocycles. The van der Waals surface area contributed by atoms with Gasteiger partial charge in [0.15, 0.2) is 5.65 Å². The number of fused-ring (bicyclic) bond motifs is 2. The molecule has 3 aliphatic rings. The maximum absolute atomic E-state index is 12.4. The largest absolute Gasteiger partial charge is 0.346 e. The number of carbonyl (C=O) groups excluding carboxylic acids is 1. The Hall–Kier alpha value is -2.51. The zero-order valence-electron chi connectivity index (χ0n) is 23.4. The Morgan fingerprint density at radius 2 is 1.84 bits per heavy atom. The van der Waals surface area contributed by atoms with Crippen LogP contribution in [0.15, 0.2) is 12.5 Å². The van der Waals surface area contributed by atoms with E-state index in [0.717, 1.165) is 38.0 Å². The Morgan fingerprint density at radius 3 is 2.53 bits per heavy atom. The smallest absolute Gasteiger partial charge is 0.158 e. The van der Waals surface area contributed by atoms with Crippen LogP contribution >= 0.6 is 11.3 Å². The van der Waals surface area contributed by atoms with Gasteiger partial charge < -0.3 is 4.98 Å². The molecule has 3 fully saturated rings. The summed E-state index contributed by atoms with van der Waals surface area (Å²) in [6.07, 6.45) is 11.9. The molecule has 38 heavy (non-hydrogen) atoms. The van der Waals surface area contributed by atoms with Crippen LogP contribution in [-0.4, -0.2) is 49.4 Å². The van der Waals surface area contributed by atoms with Gasteiger partial charge in [0.25, 0.3) is 0 Å². The monoisotopic (exact) mass is 529 g/mol. The molecule has 1 N–H and O–H groups in total. The van der Waals surface area contributed by atoms with Crippen LogP contribution in [0.3, 0.4) is 0 Å². The van der Waals surface area contributed by atoms with Gasteiger partial charge in [-0.25, -0.2) is 9.50 Å². The van der Waals surface area contributed by atoms with Gasteiger partial charge in [-0.15, -0.1) is 11.3 Å². The van der Waals surface area contributed by atoms with E-state index in [0.29, 0.717) is 23.7 Å². The minimum absolute atomic E-state index is 0.0420. The predicted molar refractivity (Wildman–Crippen MR) is 154 cm³/mol. The maximum atomic E-state index is 12.4. The Morgan fingerprint density at radius 1 is 1.08 bits per heavy atom. The Kier molecular flexibility index (Phi) is 5.65. The number of aryl methyl sites for hydroxylation is 2. The van der Waals surface area contributed by atoms with Gasteiger partial charge >= 0.3 is 0 Å². The topological polar surface area (TPSA) is 66.3 Å². The average Bonchev–Trinajstić information content (AvgIpc) is 3.64. The number of Topliss-reactive ketones (excluding diaryl/α,β-unsaturated/α-hetero) is 1. The van der Waals surface area contributed by atoms with E-state index in [2.05, 4.69) is 60.8 Å². The third-order valence-corrected chi connectivity index (χ3v) is 11.5. The van der Waals surface area contributed by atoms with E-state index in [-0.39, 0.29) is 5.41 Å². The van der Waals surface area contributed by atoms with Gasteiger partial charge in [-0.1, -0.05) is 13.8 Å². The second-order valence-corrected chi connectivity index (χ2v) is 13.7. The Bertz CT molecular complexity index is 1560. The summed E-state index contributed by atoms with van der Waals surface area (Å²) in [6.45, 7) is 13.4. The molecule has 0 aromatic carbocycles. The lowest BCUT2D eigenvalue weighted by Gasteiger charge is -2.52. The number of ketones is 1. The first-order valence-corrected chi connectivity index (χ1v) is 15.3. The zero-order valence-corrected chi connectivity index (χ0v) is 24.2. The van der Waals surface area contributed by atoms with Crippen molar-refractivity contribution in [2.45, 2.75) is 97.4 Å². The van der Waals surface area contributed by atoms with E-state index < -0.39 is 0 Å². The van der Waals surface area contributed by atoms with E-state index >= 15 is 0 Å². The molecule has 1 aliphatic heterocycles. The number of nitrogens with zero attached hydrogens (tertiary/aromatic N) is 4. The lowest BCUT2D eigenvalue weighted by atomic mass is 9.74. The quantitative estimate of drug-likeness (QED) is 0.307. The summed E-state index contributed by atoms with van der Waals surface area (Å²) in [5, 5.41) is 5.88. The first-order chi connectivity index (χ1) is 18.3. The summed E-state index contributed by atoms with van der Waals surface area (Å²) in [6, 6.07) is 0.672. The molecule has 2 aliphatic carbocycles. The fraction of sp³-hybridized carbons (Fsp3) is 0.581. The standard InChI is InChI=1S/C31H39N5OS/c1-17(2)25-26-20(5)28(21-8-10-22(11-9-21)35-14-31(15-35)12-6-7-24(31)37)38-30(26)34-27(25)23-13-36-29(32-16-33-36)19(4)18(23)3/h13,16-17,21-22,34H,6-12,14-15H2,1-5H3/t21-,22-. The highest BCUT2D eigenvalue weighted by Crippen LogP contribution is 2.49. The van der Waals surface area contributed by atoms with Crippen molar-refractivity contribution in [1.29, 1.82) is 0 Å². The van der Waals surface area contributed by atoms with Gasteiger partial charge in [0.1, 0.15) is 16.9 Å². The van der Waals surface area contributed by atoms with Gasteiger partial charge in [-0.3, -0.25) is 9.69 Å². The second kappa shape index (κ2) is 8.75. The molecule has 0 bridgehead atoms. The number of pyridine rings is 1. The van der Waals surface area contributed by atoms with E-state index in [1.54, 1.807) is 11.2 Å². The molecule has 6 nitrogen and oxygen atoms in total. The average molecular weight is 530 g/mol. The molecule has 4 aromatic rings. The van der Waals surface area contributed by atoms with E-state index in [9.17, 15) is 4.79 Å². The first-order valence-electron chi connectivity index (χ1n) is 14.5. The molecule has 0 unspecified atom stereocenters. The van der Waals surface area contributed by atoms with Crippen LogP contribution in [0.1, 0.15) is 97.8 Å². The molecule has 1 spiro atoms. The van der Waals surface area contributed by atoms with Crippen LogP contribution in [0.5, 0.6) is 0 Å². The SMILES string of the molecule is Cc1c(-c2[nH]c3sc([C@H]4CC[C@H](N5CC6(CCCC6=O)C5)CC4)c(C)c3c2C(C)C)cn2ncnc2c1C. The Balaban J connectivity index is 1.16. The van der Waals surface area contributed by atoms with Crippen molar-refractivity contribution >= 4 is 33.0 Å². The fourth-order valence-electron chi connectivity index (χ4n) is 7.90. The van der Waals surface area contributed by atoms with E-state index in [1.165, 1.54) is 69.4 Å². The highest BCUT2D eigenvalue weighted by atomic mass is 32.1. The van der Waals surface area contributed by atoms with Crippen LogP contribution in [0, 0.1) is 26.2 Å². The summed E-state index contributed by atoms with van der Waals surface area (Å²) in [7, 11) is 0. The van der Waals surface area contributed by atoms with E-state index in [4.69, 9.17) is 0 Å². The third-order valence-electron chi connectivity index (χ3n) is 10.2. The van der Waals surface area contributed by atoms with Crippen molar-refractivity contribution in [3.63, 3.8) is 0 Å². The van der Waals surface area contributed by atoms with Gasteiger partial charge in [-0.05, 0) is 93.4 Å². The molecule has 0 radical (unpaired) electrons. The van der Waals surface area contributed by atoms with Crippen LogP contribution in [0.2, 0.25) is 0 Å². The highest BCUT2D eigenvalue weighted by molar-refractivity contribution is 7.19. The van der Waals surface area contributed by atoms with Gasteiger partial charge in [-0.2, -0.15) is 5.10 Å². The van der Waals surface area contributed by atoms with Crippen molar-refractivity contribution in [2.75, 3.05) is 13.1 Å². The number of likely N-dealkylation sites (tertiary alicyclic amines) is 1. The molecule has 1 saturated heterocycles. The molecule has 0 atom stereocenters. The summed E-state index contributed by atoms with van der Waals surface area (Å²) in [4.78, 5) is 26.2. The number of hydrogen-bond donors (Lipinski definition) is 1. The first kappa shape index (κ1) is 24.5. The molecule has 7 heteroatoms. The summed E-state index contributed by atoms with van der Waals surface area (Å²) in [5.41, 5.74) is 8.81. The summed E-state index contributed by atoms with van der Waals surface area (Å²) < 4.78 is 1.91. The van der Waals surface area contributed by atoms with E-state index in [1.807, 2.05) is 15.9 Å². The van der Waals surface area contributed by atoms with Gasteiger partial charge in [0, 0.05) is 47.6 Å². The molecule has 5 heterocycles. The molecular weight excluding hydrogens is 490 g/mol. The maximum Gasteiger partial charge on any atom is 0.158 e.